The third kappa shape index (κ3) is 5.38. The van der Waals surface area contributed by atoms with Crippen LogP contribution >= 0.6 is 11.6 Å². The van der Waals surface area contributed by atoms with E-state index in [1.165, 1.54) is 10.9 Å². The van der Waals surface area contributed by atoms with Gasteiger partial charge in [0.2, 0.25) is 0 Å². The first kappa shape index (κ1) is 16.8. The predicted molar refractivity (Wildman–Crippen MR) is 69.2 cm³/mol. The van der Waals surface area contributed by atoms with Gasteiger partial charge in [0.1, 0.15) is 11.6 Å². The van der Waals surface area contributed by atoms with E-state index in [9.17, 15) is 18.0 Å². The lowest BCUT2D eigenvalue weighted by atomic mass is 10.4. The van der Waals surface area contributed by atoms with Crippen molar-refractivity contribution in [1.29, 1.82) is 0 Å². The SMILES string of the molecule is CCCn1ncc(NCCOCC(F)(F)F)c(Cl)c1=O. The van der Waals surface area contributed by atoms with Gasteiger partial charge in [0.25, 0.3) is 5.56 Å². The standard InChI is InChI=1S/C11H15ClF3N3O2/c1-2-4-18-10(19)9(12)8(6-17-18)16-3-5-20-7-11(13,14)15/h6,16H,2-5,7H2,1H3. The summed E-state index contributed by atoms with van der Waals surface area (Å²) >= 11 is 5.86. The molecule has 0 amide bonds. The van der Waals surface area contributed by atoms with Gasteiger partial charge in [0, 0.05) is 13.1 Å². The first-order chi connectivity index (χ1) is 9.35. The Labute approximate surface area is 118 Å². The summed E-state index contributed by atoms with van der Waals surface area (Å²) in [5, 5.41) is 6.57. The van der Waals surface area contributed by atoms with E-state index in [1.807, 2.05) is 6.92 Å². The normalized spacial score (nSPS) is 11.7. The monoisotopic (exact) mass is 313 g/mol. The maximum Gasteiger partial charge on any atom is 0.411 e. The molecule has 0 bridgehead atoms. The van der Waals surface area contributed by atoms with Crippen molar-refractivity contribution < 1.29 is 17.9 Å². The number of hydrogen-bond donors (Lipinski definition) is 1. The molecule has 20 heavy (non-hydrogen) atoms. The summed E-state index contributed by atoms with van der Waals surface area (Å²) in [5.41, 5.74) is -0.158. The van der Waals surface area contributed by atoms with Crippen LogP contribution < -0.4 is 10.9 Å². The number of alkyl halides is 3. The molecule has 1 rings (SSSR count). The molecule has 114 valence electrons. The van der Waals surface area contributed by atoms with Crippen molar-refractivity contribution in [3.8, 4) is 0 Å². The number of hydrogen-bond acceptors (Lipinski definition) is 4. The van der Waals surface area contributed by atoms with Crippen LogP contribution in [0, 0.1) is 0 Å². The van der Waals surface area contributed by atoms with Crippen LogP contribution in [-0.4, -0.2) is 35.7 Å². The summed E-state index contributed by atoms with van der Waals surface area (Å²) in [7, 11) is 0. The molecular formula is C11H15ClF3N3O2. The van der Waals surface area contributed by atoms with E-state index in [2.05, 4.69) is 15.2 Å². The van der Waals surface area contributed by atoms with Crippen LogP contribution in [0.2, 0.25) is 5.02 Å². The Morgan fingerprint density at radius 1 is 1.50 bits per heavy atom. The Hall–Kier alpha value is -1.28. The van der Waals surface area contributed by atoms with Crippen LogP contribution in [0.4, 0.5) is 18.9 Å². The van der Waals surface area contributed by atoms with E-state index >= 15 is 0 Å². The van der Waals surface area contributed by atoms with Gasteiger partial charge in [-0.15, -0.1) is 0 Å². The minimum absolute atomic E-state index is 0.0377. The number of nitrogens with one attached hydrogen (secondary N) is 1. The number of ether oxygens (including phenoxy) is 1. The van der Waals surface area contributed by atoms with Crippen molar-refractivity contribution in [2.45, 2.75) is 26.1 Å². The van der Waals surface area contributed by atoms with Gasteiger partial charge >= 0.3 is 6.18 Å². The molecule has 0 atom stereocenters. The van der Waals surface area contributed by atoms with Gasteiger partial charge in [-0.3, -0.25) is 4.79 Å². The van der Waals surface area contributed by atoms with Crippen molar-refractivity contribution in [3.05, 3.63) is 21.6 Å². The molecule has 0 saturated heterocycles. The molecule has 0 unspecified atom stereocenters. The van der Waals surface area contributed by atoms with Crippen LogP contribution in [0.5, 0.6) is 0 Å². The molecule has 1 aromatic rings. The van der Waals surface area contributed by atoms with Crippen LogP contribution in [0.1, 0.15) is 13.3 Å². The van der Waals surface area contributed by atoms with Gasteiger partial charge in [-0.1, -0.05) is 18.5 Å². The zero-order chi connectivity index (χ0) is 15.2. The highest BCUT2D eigenvalue weighted by atomic mass is 35.5. The summed E-state index contributed by atoms with van der Waals surface area (Å²) in [6.45, 7) is 0.973. The fraction of sp³-hybridized carbons (Fsp3) is 0.636. The minimum Gasteiger partial charge on any atom is -0.380 e. The molecule has 9 heteroatoms. The van der Waals surface area contributed by atoms with E-state index in [1.54, 1.807) is 0 Å². The first-order valence-electron chi connectivity index (χ1n) is 5.99. The molecule has 1 N–H and O–H groups in total. The van der Waals surface area contributed by atoms with Crippen LogP contribution in [-0.2, 0) is 11.3 Å². The maximum atomic E-state index is 11.8. The maximum absolute atomic E-state index is 11.8. The van der Waals surface area contributed by atoms with Gasteiger partial charge < -0.3 is 10.1 Å². The zero-order valence-corrected chi connectivity index (χ0v) is 11.6. The van der Waals surface area contributed by atoms with Gasteiger partial charge in [0.05, 0.1) is 18.5 Å². The Balaban J connectivity index is 2.49. The predicted octanol–water partition coefficient (Wildman–Crippen LogP) is 2.30. The fourth-order valence-corrected chi connectivity index (χ4v) is 1.62. The Bertz CT molecular complexity index is 491. The first-order valence-corrected chi connectivity index (χ1v) is 6.37. The molecule has 0 aliphatic rings. The number of halogens is 4. The highest BCUT2D eigenvalue weighted by Crippen LogP contribution is 2.16. The van der Waals surface area contributed by atoms with Gasteiger partial charge in [-0.25, -0.2) is 4.68 Å². The lowest BCUT2D eigenvalue weighted by Crippen LogP contribution is -2.25. The molecule has 1 heterocycles. The van der Waals surface area contributed by atoms with Crippen molar-refractivity contribution in [2.75, 3.05) is 25.1 Å². The van der Waals surface area contributed by atoms with Gasteiger partial charge in [-0.2, -0.15) is 18.3 Å². The Kier molecular flexibility index (Phi) is 6.28. The topological polar surface area (TPSA) is 56.1 Å². The highest BCUT2D eigenvalue weighted by Gasteiger charge is 2.27. The third-order valence-corrected chi connectivity index (χ3v) is 2.61. The largest absolute Gasteiger partial charge is 0.411 e. The molecule has 0 aliphatic heterocycles. The number of rotatable bonds is 7. The minimum atomic E-state index is -4.35. The number of aryl methyl sites for hydroxylation is 1. The van der Waals surface area contributed by atoms with Crippen LogP contribution in [0.15, 0.2) is 11.0 Å². The Morgan fingerprint density at radius 2 is 2.20 bits per heavy atom. The van der Waals surface area contributed by atoms with E-state index < -0.39 is 18.3 Å². The molecule has 5 nitrogen and oxygen atoms in total. The molecular weight excluding hydrogens is 299 g/mol. The average molecular weight is 314 g/mol. The molecule has 1 aromatic heterocycles. The average Bonchev–Trinajstić information content (AvgIpc) is 2.36. The lowest BCUT2D eigenvalue weighted by molar-refractivity contribution is -0.172. The molecule has 0 radical (unpaired) electrons. The zero-order valence-electron chi connectivity index (χ0n) is 10.8. The van der Waals surface area contributed by atoms with Crippen LogP contribution in [0.3, 0.4) is 0 Å². The second-order valence-corrected chi connectivity index (χ2v) is 4.37. The van der Waals surface area contributed by atoms with E-state index in [4.69, 9.17) is 11.6 Å². The molecule has 0 aromatic carbocycles. The number of aromatic nitrogens is 2. The second-order valence-electron chi connectivity index (χ2n) is 4.00. The summed E-state index contributed by atoms with van der Waals surface area (Å²) in [6, 6.07) is 0. The summed E-state index contributed by atoms with van der Waals surface area (Å²) in [6.07, 6.45) is -2.25. The molecule has 0 saturated carbocycles. The summed E-state index contributed by atoms with van der Waals surface area (Å²) in [5.74, 6) is 0. The highest BCUT2D eigenvalue weighted by molar-refractivity contribution is 6.32. The molecule has 0 spiro atoms. The van der Waals surface area contributed by atoms with Crippen molar-refractivity contribution >= 4 is 17.3 Å². The molecule has 0 aliphatic carbocycles. The van der Waals surface area contributed by atoms with E-state index in [0.717, 1.165) is 6.42 Å². The van der Waals surface area contributed by atoms with Crippen molar-refractivity contribution in [2.24, 2.45) is 0 Å². The molecule has 0 fully saturated rings. The van der Waals surface area contributed by atoms with Crippen molar-refractivity contribution in [1.82, 2.24) is 9.78 Å². The summed E-state index contributed by atoms with van der Waals surface area (Å²) in [4.78, 5) is 11.7. The second kappa shape index (κ2) is 7.49. The van der Waals surface area contributed by atoms with Crippen LogP contribution in [0.25, 0.3) is 0 Å². The van der Waals surface area contributed by atoms with E-state index in [-0.39, 0.29) is 23.9 Å². The summed E-state index contributed by atoms with van der Waals surface area (Å²) < 4.78 is 41.1. The third-order valence-electron chi connectivity index (χ3n) is 2.25. The number of anilines is 1. The fourth-order valence-electron chi connectivity index (χ4n) is 1.41. The van der Waals surface area contributed by atoms with Gasteiger partial charge in [0.15, 0.2) is 0 Å². The smallest absolute Gasteiger partial charge is 0.380 e. The number of nitrogens with zero attached hydrogens (tertiary/aromatic N) is 2. The van der Waals surface area contributed by atoms with Gasteiger partial charge in [-0.05, 0) is 6.42 Å². The van der Waals surface area contributed by atoms with E-state index in [0.29, 0.717) is 6.54 Å². The lowest BCUT2D eigenvalue weighted by Gasteiger charge is -2.11. The Morgan fingerprint density at radius 3 is 2.80 bits per heavy atom. The van der Waals surface area contributed by atoms with Crippen molar-refractivity contribution in [3.63, 3.8) is 0 Å². The quantitative estimate of drug-likeness (QED) is 0.785.